The van der Waals surface area contributed by atoms with E-state index >= 15 is 0 Å². The highest BCUT2D eigenvalue weighted by molar-refractivity contribution is 7.90. The minimum Gasteiger partial charge on any atom is -0.339 e. The number of nitrogens with zero attached hydrogens (tertiary/aromatic N) is 5. The molecule has 0 radical (unpaired) electrons. The fourth-order valence-electron chi connectivity index (χ4n) is 2.30. The van der Waals surface area contributed by atoms with E-state index in [4.69, 9.17) is 4.52 Å². The molecule has 2 aliphatic rings. The van der Waals surface area contributed by atoms with Crippen molar-refractivity contribution in [1.82, 2.24) is 24.4 Å². The highest BCUT2D eigenvalue weighted by Gasteiger charge is 2.46. The average Bonchev–Trinajstić information content (AvgIpc) is 3.19. The molecule has 1 aliphatic carbocycles. The smallest absolute Gasteiger partial charge is 0.232 e. The molecule has 8 nitrogen and oxygen atoms in total. The molecule has 110 valence electrons. The maximum absolute atomic E-state index is 12.0. The van der Waals surface area contributed by atoms with Gasteiger partial charge in [-0.05, 0) is 12.8 Å². The minimum absolute atomic E-state index is 0.0311. The topological polar surface area (TPSA) is 102 Å². The number of aromatic nitrogens is 4. The van der Waals surface area contributed by atoms with E-state index in [1.165, 1.54) is 4.31 Å². The Morgan fingerprint density at radius 3 is 2.71 bits per heavy atom. The van der Waals surface area contributed by atoms with Gasteiger partial charge in [-0.15, -0.1) is 0 Å². The van der Waals surface area contributed by atoms with Crippen molar-refractivity contribution in [2.45, 2.75) is 24.0 Å². The van der Waals surface area contributed by atoms with Gasteiger partial charge in [-0.25, -0.2) is 13.4 Å². The van der Waals surface area contributed by atoms with Gasteiger partial charge in [-0.1, -0.05) is 5.16 Å². The van der Waals surface area contributed by atoms with Gasteiger partial charge >= 0.3 is 0 Å². The molecule has 0 unspecified atom stereocenters. The molecule has 9 heteroatoms. The van der Waals surface area contributed by atoms with Crippen molar-refractivity contribution in [1.29, 1.82) is 0 Å². The second-order valence-corrected chi connectivity index (χ2v) is 7.52. The predicted molar refractivity (Wildman–Crippen MR) is 71.6 cm³/mol. The standard InChI is InChI=1S/C12H13N5O3S/c18-21(19,9-1-2-9)17-6-8(7-17)12-15-11(16-20-12)10-5-13-3-4-14-10/h3-5,8-9H,1-2,6-7H2. The quantitative estimate of drug-likeness (QED) is 0.806. The molecule has 4 rings (SSSR count). The molecule has 1 saturated heterocycles. The summed E-state index contributed by atoms with van der Waals surface area (Å²) in [4.78, 5) is 12.3. The van der Waals surface area contributed by atoms with Gasteiger partial charge in [0.15, 0.2) is 0 Å². The van der Waals surface area contributed by atoms with E-state index in [1.807, 2.05) is 0 Å². The monoisotopic (exact) mass is 307 g/mol. The van der Waals surface area contributed by atoms with Gasteiger partial charge in [-0.2, -0.15) is 9.29 Å². The lowest BCUT2D eigenvalue weighted by molar-refractivity contribution is 0.216. The lowest BCUT2D eigenvalue weighted by atomic mass is 10.0. The van der Waals surface area contributed by atoms with Gasteiger partial charge in [0, 0.05) is 25.5 Å². The molecule has 0 aromatic carbocycles. The van der Waals surface area contributed by atoms with Crippen LogP contribution >= 0.6 is 0 Å². The van der Waals surface area contributed by atoms with Crippen LogP contribution in [0, 0.1) is 0 Å². The maximum Gasteiger partial charge on any atom is 0.232 e. The number of hydrogen-bond donors (Lipinski definition) is 0. The Morgan fingerprint density at radius 1 is 1.24 bits per heavy atom. The van der Waals surface area contributed by atoms with Crippen LogP contribution in [0.5, 0.6) is 0 Å². The first kappa shape index (κ1) is 12.8. The van der Waals surface area contributed by atoms with Crippen molar-refractivity contribution >= 4 is 10.0 Å². The van der Waals surface area contributed by atoms with Gasteiger partial charge < -0.3 is 4.52 Å². The van der Waals surface area contributed by atoms with Crippen LogP contribution in [0.1, 0.15) is 24.7 Å². The zero-order valence-electron chi connectivity index (χ0n) is 11.1. The van der Waals surface area contributed by atoms with E-state index in [0.29, 0.717) is 30.5 Å². The summed E-state index contributed by atoms with van der Waals surface area (Å²) in [5.41, 5.74) is 0.536. The third kappa shape index (κ3) is 2.22. The van der Waals surface area contributed by atoms with Crippen molar-refractivity contribution in [2.75, 3.05) is 13.1 Å². The molecule has 1 aliphatic heterocycles. The highest BCUT2D eigenvalue weighted by Crippen LogP contribution is 2.37. The Bertz CT molecular complexity index is 750. The van der Waals surface area contributed by atoms with Crippen LogP contribution in [0.2, 0.25) is 0 Å². The van der Waals surface area contributed by atoms with Crippen LogP contribution < -0.4 is 0 Å². The highest BCUT2D eigenvalue weighted by atomic mass is 32.2. The Balaban J connectivity index is 1.46. The summed E-state index contributed by atoms with van der Waals surface area (Å²) in [7, 11) is -3.09. The van der Waals surface area contributed by atoms with Crippen LogP contribution in [0.3, 0.4) is 0 Å². The molecule has 0 spiro atoms. The van der Waals surface area contributed by atoms with E-state index in [-0.39, 0.29) is 11.2 Å². The van der Waals surface area contributed by atoms with Crippen LogP contribution in [-0.2, 0) is 10.0 Å². The lowest BCUT2D eigenvalue weighted by Crippen LogP contribution is -2.49. The maximum atomic E-state index is 12.0. The van der Waals surface area contributed by atoms with Crippen LogP contribution in [0.4, 0.5) is 0 Å². The molecule has 21 heavy (non-hydrogen) atoms. The summed E-state index contributed by atoms with van der Waals surface area (Å²) in [6, 6.07) is 0. The second kappa shape index (κ2) is 4.57. The molecule has 0 atom stereocenters. The number of hydrogen-bond acceptors (Lipinski definition) is 7. The van der Waals surface area contributed by atoms with Gasteiger partial charge in [-0.3, -0.25) is 4.98 Å². The first-order valence-electron chi connectivity index (χ1n) is 6.73. The fraction of sp³-hybridized carbons (Fsp3) is 0.500. The molecular formula is C12H13N5O3S. The van der Waals surface area contributed by atoms with Gasteiger partial charge in [0.1, 0.15) is 5.69 Å². The Kier molecular flexibility index (Phi) is 2.79. The molecule has 0 bridgehead atoms. The average molecular weight is 307 g/mol. The summed E-state index contributed by atoms with van der Waals surface area (Å²) in [6.07, 6.45) is 6.23. The van der Waals surface area contributed by atoms with E-state index in [2.05, 4.69) is 20.1 Å². The van der Waals surface area contributed by atoms with Crippen molar-refractivity contribution in [3.63, 3.8) is 0 Å². The third-order valence-corrected chi connectivity index (χ3v) is 6.07. The van der Waals surface area contributed by atoms with Crippen molar-refractivity contribution in [2.24, 2.45) is 0 Å². The van der Waals surface area contributed by atoms with E-state index in [0.717, 1.165) is 12.8 Å². The first-order chi connectivity index (χ1) is 10.1. The summed E-state index contributed by atoms with van der Waals surface area (Å²) >= 11 is 0. The second-order valence-electron chi connectivity index (χ2n) is 5.31. The van der Waals surface area contributed by atoms with Crippen molar-refractivity contribution in [3.05, 3.63) is 24.5 Å². The van der Waals surface area contributed by atoms with E-state index < -0.39 is 10.0 Å². The Morgan fingerprint density at radius 2 is 2.05 bits per heavy atom. The summed E-state index contributed by atoms with van der Waals surface area (Å²) in [6.45, 7) is 0.835. The molecule has 3 heterocycles. The van der Waals surface area contributed by atoms with E-state index in [1.54, 1.807) is 18.6 Å². The largest absolute Gasteiger partial charge is 0.339 e. The van der Waals surface area contributed by atoms with Crippen molar-refractivity contribution < 1.29 is 12.9 Å². The normalized spacial score (nSPS) is 20.4. The Hall–Kier alpha value is -1.87. The zero-order chi connectivity index (χ0) is 14.4. The van der Waals surface area contributed by atoms with Gasteiger partial charge in [0.05, 0.1) is 17.4 Å². The molecule has 1 saturated carbocycles. The Labute approximate surface area is 121 Å². The lowest BCUT2D eigenvalue weighted by Gasteiger charge is -2.35. The number of rotatable bonds is 4. The van der Waals surface area contributed by atoms with Gasteiger partial charge in [0.2, 0.25) is 21.7 Å². The summed E-state index contributed by atoms with van der Waals surface area (Å²) in [5, 5.41) is 3.70. The summed E-state index contributed by atoms with van der Waals surface area (Å²) in [5.74, 6) is 0.802. The zero-order valence-corrected chi connectivity index (χ0v) is 11.9. The first-order valence-corrected chi connectivity index (χ1v) is 8.24. The molecule has 0 N–H and O–H groups in total. The van der Waals surface area contributed by atoms with Crippen LogP contribution in [-0.4, -0.2) is 51.2 Å². The van der Waals surface area contributed by atoms with Gasteiger partial charge in [0.25, 0.3) is 0 Å². The molecule has 0 amide bonds. The molecule has 2 aromatic rings. The summed E-state index contributed by atoms with van der Waals surface area (Å²) < 4.78 is 30.8. The van der Waals surface area contributed by atoms with Crippen LogP contribution in [0.15, 0.2) is 23.1 Å². The third-order valence-electron chi connectivity index (χ3n) is 3.74. The van der Waals surface area contributed by atoms with Crippen molar-refractivity contribution in [3.8, 4) is 11.5 Å². The fourth-order valence-corrected chi connectivity index (χ4v) is 4.23. The molecule has 2 aromatic heterocycles. The number of sulfonamides is 1. The molecular weight excluding hydrogens is 294 g/mol. The minimum atomic E-state index is -3.09. The van der Waals surface area contributed by atoms with E-state index in [9.17, 15) is 8.42 Å². The van der Waals surface area contributed by atoms with Crippen LogP contribution in [0.25, 0.3) is 11.5 Å². The SMILES string of the molecule is O=S(=O)(C1CC1)N1CC(c2nc(-c3cnccn3)no2)C1. The molecule has 2 fully saturated rings. The predicted octanol–water partition coefficient (Wildman–Crippen LogP) is 0.418.